The van der Waals surface area contributed by atoms with E-state index in [4.69, 9.17) is 0 Å². The second-order valence-electron chi connectivity index (χ2n) is 8.19. The van der Waals surface area contributed by atoms with Gasteiger partial charge in [-0.15, -0.1) is 0 Å². The Morgan fingerprint density at radius 2 is 0.636 bits per heavy atom. The van der Waals surface area contributed by atoms with E-state index in [9.17, 15) is 0 Å². The number of hydrogen-bond donors (Lipinski definition) is 0. The van der Waals surface area contributed by atoms with Crippen LogP contribution in [0.25, 0.3) is 0 Å². The minimum atomic E-state index is 0.724. The van der Waals surface area contributed by atoms with Gasteiger partial charge in [-0.2, -0.15) is 0 Å². The molecule has 0 aromatic rings. The first-order valence-corrected chi connectivity index (χ1v) is 8.90. The van der Waals surface area contributed by atoms with Crippen LogP contribution in [0, 0.1) is 29.6 Å². The normalized spacial score (nSPS) is 38.9. The van der Waals surface area contributed by atoms with Crippen LogP contribution >= 0.6 is 0 Å². The molecule has 120 valence electrons. The first-order chi connectivity index (χ1) is 10.2. The summed E-state index contributed by atoms with van der Waals surface area (Å²) in [5.74, 6) is 3.68. The molecule has 22 heavy (non-hydrogen) atoms. The molecule has 0 nitrogen and oxygen atoms in total. The average molecular weight is 296 g/mol. The van der Waals surface area contributed by atoms with E-state index in [2.05, 4.69) is 62.3 Å². The monoisotopic (exact) mass is 296 g/mol. The Kier molecular flexibility index (Phi) is 3.59. The van der Waals surface area contributed by atoms with Crippen molar-refractivity contribution in [1.29, 1.82) is 0 Å². The van der Waals surface area contributed by atoms with Gasteiger partial charge in [0, 0.05) is 0 Å². The molecule has 4 atom stereocenters. The summed E-state index contributed by atoms with van der Waals surface area (Å²) < 4.78 is 0. The maximum Gasteiger partial charge on any atom is -0.00601 e. The van der Waals surface area contributed by atoms with E-state index in [1.165, 1.54) is 0 Å². The van der Waals surface area contributed by atoms with Crippen LogP contribution in [0.4, 0.5) is 0 Å². The molecule has 1 saturated carbocycles. The molecule has 0 N–H and O–H groups in total. The van der Waals surface area contributed by atoms with E-state index in [1.54, 1.807) is 44.6 Å². The van der Waals surface area contributed by atoms with Crippen molar-refractivity contribution in [3.8, 4) is 0 Å². The molecule has 3 aliphatic rings. The van der Waals surface area contributed by atoms with Crippen LogP contribution in [0.2, 0.25) is 0 Å². The van der Waals surface area contributed by atoms with Gasteiger partial charge in [0.05, 0.1) is 0 Å². The molecule has 0 bridgehead atoms. The minimum Gasteiger partial charge on any atom is -0.0661 e. The highest BCUT2D eigenvalue weighted by Crippen LogP contribution is 2.61. The Morgan fingerprint density at radius 1 is 0.409 bits per heavy atom. The molecule has 0 radical (unpaired) electrons. The van der Waals surface area contributed by atoms with E-state index in [0.717, 1.165) is 29.6 Å². The molecule has 3 aliphatic carbocycles. The first-order valence-electron chi connectivity index (χ1n) is 8.90. The van der Waals surface area contributed by atoms with Gasteiger partial charge in [-0.25, -0.2) is 0 Å². The molecule has 4 unspecified atom stereocenters. The van der Waals surface area contributed by atoms with E-state index in [1.807, 2.05) is 0 Å². The number of rotatable bonds is 0. The minimum absolute atomic E-state index is 0.724. The Hall–Kier alpha value is -1.04. The van der Waals surface area contributed by atoms with Crippen molar-refractivity contribution in [2.45, 2.75) is 62.3 Å². The van der Waals surface area contributed by atoms with Crippen molar-refractivity contribution in [3.63, 3.8) is 0 Å². The molecule has 1 fully saturated rings. The fourth-order valence-corrected chi connectivity index (χ4v) is 5.91. The third-order valence-electron chi connectivity index (χ3n) is 7.78. The summed E-state index contributed by atoms with van der Waals surface area (Å²) in [7, 11) is 0. The van der Waals surface area contributed by atoms with Crippen LogP contribution in [-0.2, 0) is 0 Å². The van der Waals surface area contributed by atoms with Gasteiger partial charge in [-0.1, -0.05) is 29.2 Å². The lowest BCUT2D eigenvalue weighted by molar-refractivity contribution is 0.377. The molecule has 0 aromatic heterocycles. The van der Waals surface area contributed by atoms with E-state index in [-0.39, 0.29) is 0 Å². The van der Waals surface area contributed by atoms with Gasteiger partial charge in [0.2, 0.25) is 0 Å². The Labute approximate surface area is 137 Å². The van der Waals surface area contributed by atoms with E-state index in [0.29, 0.717) is 0 Å². The van der Waals surface area contributed by atoms with E-state index >= 15 is 0 Å². The second kappa shape index (κ2) is 4.98. The molecule has 0 heterocycles. The summed E-state index contributed by atoms with van der Waals surface area (Å²) in [5.41, 5.74) is 12.9. The molecule has 0 heteroatoms. The van der Waals surface area contributed by atoms with Crippen LogP contribution < -0.4 is 0 Å². The van der Waals surface area contributed by atoms with Gasteiger partial charge in [0.15, 0.2) is 0 Å². The van der Waals surface area contributed by atoms with Crippen LogP contribution in [-0.4, -0.2) is 0 Å². The largest absolute Gasteiger partial charge is 0.0661 e. The average Bonchev–Trinajstić information content (AvgIpc) is 2.80. The maximum absolute atomic E-state index is 2.51. The van der Waals surface area contributed by atoms with Gasteiger partial charge >= 0.3 is 0 Å². The smallest absolute Gasteiger partial charge is 0.00601 e. The Morgan fingerprint density at radius 3 is 0.909 bits per heavy atom. The molecular weight excluding hydrogens is 264 g/mol. The van der Waals surface area contributed by atoms with Crippen molar-refractivity contribution in [3.05, 3.63) is 44.6 Å². The quantitative estimate of drug-likeness (QED) is 0.480. The van der Waals surface area contributed by atoms with Crippen molar-refractivity contribution in [2.24, 2.45) is 29.6 Å². The van der Waals surface area contributed by atoms with Crippen molar-refractivity contribution >= 4 is 0 Å². The number of hydrogen-bond acceptors (Lipinski definition) is 0. The summed E-state index contributed by atoms with van der Waals surface area (Å²) in [6, 6.07) is 0. The predicted octanol–water partition coefficient (Wildman–Crippen LogP) is 6.47. The first kappa shape index (κ1) is 15.8. The third kappa shape index (κ3) is 1.76. The molecule has 0 spiro atoms. The van der Waals surface area contributed by atoms with Gasteiger partial charge in [-0.3, -0.25) is 0 Å². The van der Waals surface area contributed by atoms with Crippen LogP contribution in [0.15, 0.2) is 44.6 Å². The third-order valence-corrected chi connectivity index (χ3v) is 7.78. The SMILES string of the molecule is CC1=C(C)C2C(C)C3C(C)=C(C)C(C)=C(C)C3C2C(C)=C1C. The Balaban J connectivity index is 2.24. The fraction of sp³-hybridized carbons (Fsp3) is 0.636. The zero-order valence-electron chi connectivity index (χ0n) is 15.9. The Bertz CT molecular complexity index is 604. The summed E-state index contributed by atoms with van der Waals surface area (Å²) in [6.45, 7) is 21.5. The molecule has 0 saturated heterocycles. The maximum atomic E-state index is 2.51. The molecule has 0 aliphatic heterocycles. The summed E-state index contributed by atoms with van der Waals surface area (Å²) in [4.78, 5) is 0. The second-order valence-corrected chi connectivity index (χ2v) is 8.19. The lowest BCUT2D eigenvalue weighted by atomic mass is 9.67. The van der Waals surface area contributed by atoms with Gasteiger partial charge in [0.1, 0.15) is 0 Å². The highest BCUT2D eigenvalue weighted by molar-refractivity contribution is 5.50. The van der Waals surface area contributed by atoms with Crippen molar-refractivity contribution < 1.29 is 0 Å². The van der Waals surface area contributed by atoms with Gasteiger partial charge < -0.3 is 0 Å². The summed E-state index contributed by atoms with van der Waals surface area (Å²) in [5, 5.41) is 0. The highest BCUT2D eigenvalue weighted by atomic mass is 14.6. The zero-order chi connectivity index (χ0) is 16.5. The van der Waals surface area contributed by atoms with Crippen molar-refractivity contribution in [1.82, 2.24) is 0 Å². The number of fused-ring (bicyclic) bond motifs is 3. The van der Waals surface area contributed by atoms with Gasteiger partial charge in [-0.05, 0) is 107 Å². The molecular formula is C22H32. The molecule has 0 aromatic carbocycles. The lowest BCUT2D eigenvalue weighted by Crippen LogP contribution is -2.27. The highest BCUT2D eigenvalue weighted by Gasteiger charge is 2.53. The lowest BCUT2D eigenvalue weighted by Gasteiger charge is -2.37. The van der Waals surface area contributed by atoms with Gasteiger partial charge in [0.25, 0.3) is 0 Å². The number of allylic oxidation sites excluding steroid dienone is 8. The van der Waals surface area contributed by atoms with E-state index < -0.39 is 0 Å². The predicted molar refractivity (Wildman–Crippen MR) is 96.6 cm³/mol. The fourth-order valence-electron chi connectivity index (χ4n) is 5.91. The topological polar surface area (TPSA) is 0 Å². The molecule has 3 rings (SSSR count). The summed E-state index contributed by atoms with van der Waals surface area (Å²) in [6.07, 6.45) is 0. The zero-order valence-corrected chi connectivity index (χ0v) is 15.9. The van der Waals surface area contributed by atoms with Crippen LogP contribution in [0.3, 0.4) is 0 Å². The van der Waals surface area contributed by atoms with Crippen molar-refractivity contribution in [2.75, 3.05) is 0 Å². The summed E-state index contributed by atoms with van der Waals surface area (Å²) >= 11 is 0. The van der Waals surface area contributed by atoms with Crippen LogP contribution in [0.1, 0.15) is 62.3 Å². The standard InChI is InChI=1S/C22H32/c1-10-12(3)16(7)21-19(14(10)5)18(9)20-15(6)11(2)13(4)17(8)22(20)21/h18-22H,1-9H3. The molecule has 0 amide bonds. The van der Waals surface area contributed by atoms with Crippen LogP contribution in [0.5, 0.6) is 0 Å².